The lowest BCUT2D eigenvalue weighted by Gasteiger charge is -2.32. The van der Waals surface area contributed by atoms with Crippen LogP contribution in [0.25, 0.3) is 0 Å². The minimum Gasteiger partial charge on any atom is -0.497 e. The zero-order valence-electron chi connectivity index (χ0n) is 22.0. The minimum absolute atomic E-state index is 0.00132. The van der Waals surface area contributed by atoms with E-state index < -0.39 is 6.04 Å². The maximum absolute atomic E-state index is 13.8. The number of methoxy groups -OCH3 is 1. The molecule has 0 saturated carbocycles. The van der Waals surface area contributed by atoms with Crippen LogP contribution in [0.5, 0.6) is 5.75 Å². The van der Waals surface area contributed by atoms with Gasteiger partial charge in [0.15, 0.2) is 0 Å². The SMILES string of the molecule is CC[C@@H](C)NC(=O)[C@@H](Cc1ccccc1)N(Cc1cccc(OC)c1)C(=O)CSCc1ccc(Cl)c(Cl)c1. The highest BCUT2D eigenvalue weighted by molar-refractivity contribution is 7.99. The number of rotatable bonds is 13. The van der Waals surface area contributed by atoms with Crippen molar-refractivity contribution in [1.29, 1.82) is 0 Å². The number of thioether (sulfide) groups is 1. The Balaban J connectivity index is 1.87. The smallest absolute Gasteiger partial charge is 0.243 e. The molecule has 0 aliphatic heterocycles. The molecule has 0 spiro atoms. The highest BCUT2D eigenvalue weighted by Gasteiger charge is 2.31. The van der Waals surface area contributed by atoms with Crippen molar-refractivity contribution in [3.8, 4) is 5.75 Å². The molecule has 0 saturated heterocycles. The minimum atomic E-state index is -0.671. The summed E-state index contributed by atoms with van der Waals surface area (Å²) in [5.41, 5.74) is 2.86. The van der Waals surface area contributed by atoms with Crippen molar-refractivity contribution in [3.63, 3.8) is 0 Å². The quantitative estimate of drug-likeness (QED) is 0.245. The Labute approximate surface area is 239 Å². The standard InChI is InChI=1S/C30H34Cl2N2O3S/c1-4-21(2)33-30(36)28(17-22-9-6-5-7-10-22)34(18-23-11-8-12-25(15-23)37-3)29(35)20-38-19-24-13-14-26(31)27(32)16-24/h5-16,21,28H,4,17-20H2,1-3H3,(H,33,36)/t21-,28-/m1/s1. The number of carbonyl (C=O) groups is 2. The van der Waals surface area contributed by atoms with E-state index in [9.17, 15) is 9.59 Å². The molecule has 8 heteroatoms. The number of carbonyl (C=O) groups excluding carboxylic acids is 2. The molecule has 0 aromatic heterocycles. The summed E-state index contributed by atoms with van der Waals surface area (Å²) in [6.07, 6.45) is 1.21. The molecule has 3 aromatic rings. The lowest BCUT2D eigenvalue weighted by Crippen LogP contribution is -2.52. The molecule has 3 rings (SSSR count). The van der Waals surface area contributed by atoms with Gasteiger partial charge in [-0.25, -0.2) is 0 Å². The number of nitrogens with one attached hydrogen (secondary N) is 1. The highest BCUT2D eigenvalue weighted by atomic mass is 35.5. The number of hydrogen-bond donors (Lipinski definition) is 1. The van der Waals surface area contributed by atoms with Gasteiger partial charge in [-0.2, -0.15) is 0 Å². The van der Waals surface area contributed by atoms with Gasteiger partial charge in [-0.05, 0) is 54.3 Å². The zero-order valence-corrected chi connectivity index (χ0v) is 24.3. The van der Waals surface area contributed by atoms with E-state index in [1.807, 2.05) is 80.6 Å². The van der Waals surface area contributed by atoms with Crippen LogP contribution in [-0.2, 0) is 28.3 Å². The summed E-state index contributed by atoms with van der Waals surface area (Å²) in [5.74, 6) is 1.24. The average Bonchev–Trinajstić information content (AvgIpc) is 2.93. The Hall–Kier alpha value is -2.67. The normalized spacial score (nSPS) is 12.4. The Bertz CT molecular complexity index is 1210. The van der Waals surface area contributed by atoms with Crippen molar-refractivity contribution in [3.05, 3.63) is 99.5 Å². The molecule has 0 aliphatic carbocycles. The first-order valence-corrected chi connectivity index (χ1v) is 14.5. The van der Waals surface area contributed by atoms with Crippen LogP contribution in [0.4, 0.5) is 0 Å². The molecule has 38 heavy (non-hydrogen) atoms. The number of ether oxygens (including phenoxy) is 1. The molecule has 0 aliphatic rings. The van der Waals surface area contributed by atoms with Gasteiger partial charge in [-0.1, -0.05) is 78.7 Å². The van der Waals surface area contributed by atoms with Crippen LogP contribution in [0.15, 0.2) is 72.8 Å². The Morgan fingerprint density at radius 3 is 2.37 bits per heavy atom. The van der Waals surface area contributed by atoms with Crippen LogP contribution in [0.1, 0.15) is 37.0 Å². The van der Waals surface area contributed by atoms with Gasteiger partial charge < -0.3 is 15.0 Å². The molecule has 1 N–H and O–H groups in total. The molecule has 0 unspecified atom stereocenters. The van der Waals surface area contributed by atoms with Gasteiger partial charge in [-0.3, -0.25) is 9.59 Å². The molecule has 2 amide bonds. The third-order valence-corrected chi connectivity index (χ3v) is 7.97. The highest BCUT2D eigenvalue weighted by Crippen LogP contribution is 2.25. The lowest BCUT2D eigenvalue weighted by atomic mass is 10.0. The van der Waals surface area contributed by atoms with Crippen LogP contribution in [0.2, 0.25) is 10.0 Å². The molecule has 0 radical (unpaired) electrons. The average molecular weight is 574 g/mol. The van der Waals surface area contributed by atoms with Gasteiger partial charge in [0, 0.05) is 24.8 Å². The molecular formula is C30H34Cl2N2O3S. The second-order valence-corrected chi connectivity index (χ2v) is 10.9. The van der Waals surface area contributed by atoms with Gasteiger partial charge in [0.1, 0.15) is 11.8 Å². The first-order valence-electron chi connectivity index (χ1n) is 12.6. The monoisotopic (exact) mass is 572 g/mol. The van der Waals surface area contributed by atoms with E-state index in [0.717, 1.165) is 23.1 Å². The first kappa shape index (κ1) is 29.9. The second kappa shape index (κ2) is 15.1. The number of amides is 2. The van der Waals surface area contributed by atoms with Gasteiger partial charge in [0.2, 0.25) is 11.8 Å². The fraction of sp³-hybridized carbons (Fsp3) is 0.333. The van der Waals surface area contributed by atoms with E-state index in [1.165, 1.54) is 11.8 Å². The topological polar surface area (TPSA) is 58.6 Å². The van der Waals surface area contributed by atoms with E-state index in [1.54, 1.807) is 18.1 Å². The summed E-state index contributed by atoms with van der Waals surface area (Å²) in [5, 5.41) is 4.08. The molecule has 5 nitrogen and oxygen atoms in total. The third-order valence-electron chi connectivity index (χ3n) is 6.24. The lowest BCUT2D eigenvalue weighted by molar-refractivity contribution is -0.139. The molecule has 0 bridgehead atoms. The number of halogens is 2. The first-order chi connectivity index (χ1) is 18.3. The van der Waals surface area contributed by atoms with Crippen LogP contribution < -0.4 is 10.1 Å². The second-order valence-electron chi connectivity index (χ2n) is 9.14. The van der Waals surface area contributed by atoms with Gasteiger partial charge in [0.25, 0.3) is 0 Å². The van der Waals surface area contributed by atoms with E-state index in [4.69, 9.17) is 27.9 Å². The van der Waals surface area contributed by atoms with Crippen molar-refractivity contribution >= 4 is 46.8 Å². The molecule has 0 fully saturated rings. The molecule has 202 valence electrons. The van der Waals surface area contributed by atoms with E-state index in [0.29, 0.717) is 28.0 Å². The summed E-state index contributed by atoms with van der Waals surface area (Å²) >= 11 is 13.7. The Kier molecular flexibility index (Phi) is 11.8. The predicted molar refractivity (Wildman–Crippen MR) is 158 cm³/mol. The maximum atomic E-state index is 13.8. The molecular weight excluding hydrogens is 539 g/mol. The number of benzene rings is 3. The molecule has 0 heterocycles. The Morgan fingerprint density at radius 1 is 0.947 bits per heavy atom. The van der Waals surface area contributed by atoms with Gasteiger partial charge in [-0.15, -0.1) is 11.8 Å². The number of hydrogen-bond acceptors (Lipinski definition) is 4. The van der Waals surface area contributed by atoms with Gasteiger partial charge >= 0.3 is 0 Å². The summed E-state index contributed by atoms with van der Waals surface area (Å²) < 4.78 is 5.39. The van der Waals surface area contributed by atoms with Crippen molar-refractivity contribution in [2.45, 2.75) is 51.1 Å². The maximum Gasteiger partial charge on any atom is 0.243 e. The molecule has 2 atom stereocenters. The fourth-order valence-corrected chi connectivity index (χ4v) is 5.11. The zero-order chi connectivity index (χ0) is 27.5. The fourth-order valence-electron chi connectivity index (χ4n) is 3.93. The summed E-state index contributed by atoms with van der Waals surface area (Å²) in [7, 11) is 1.61. The van der Waals surface area contributed by atoms with Crippen molar-refractivity contribution in [1.82, 2.24) is 10.2 Å². The predicted octanol–water partition coefficient (Wildman–Crippen LogP) is 6.79. The largest absolute Gasteiger partial charge is 0.497 e. The van der Waals surface area contributed by atoms with Crippen LogP contribution in [0, 0.1) is 0 Å². The van der Waals surface area contributed by atoms with Crippen LogP contribution >= 0.6 is 35.0 Å². The summed E-state index contributed by atoms with van der Waals surface area (Å²) in [4.78, 5) is 29.0. The third kappa shape index (κ3) is 8.97. The summed E-state index contributed by atoms with van der Waals surface area (Å²) in [6.45, 7) is 4.28. The van der Waals surface area contributed by atoms with Crippen molar-refractivity contribution in [2.24, 2.45) is 0 Å². The van der Waals surface area contributed by atoms with Crippen LogP contribution in [0.3, 0.4) is 0 Å². The number of nitrogens with zero attached hydrogens (tertiary/aromatic N) is 1. The summed E-state index contributed by atoms with van der Waals surface area (Å²) in [6, 6.07) is 22.2. The van der Waals surface area contributed by atoms with E-state index >= 15 is 0 Å². The Morgan fingerprint density at radius 2 is 1.68 bits per heavy atom. The van der Waals surface area contributed by atoms with E-state index in [2.05, 4.69) is 5.32 Å². The van der Waals surface area contributed by atoms with Crippen molar-refractivity contribution < 1.29 is 14.3 Å². The van der Waals surface area contributed by atoms with E-state index in [-0.39, 0.29) is 30.2 Å². The molecule has 3 aromatic carbocycles. The van der Waals surface area contributed by atoms with Crippen molar-refractivity contribution in [2.75, 3.05) is 12.9 Å². The van der Waals surface area contributed by atoms with Gasteiger partial charge in [0.05, 0.1) is 22.9 Å². The van der Waals surface area contributed by atoms with Crippen LogP contribution in [-0.4, -0.2) is 41.7 Å².